The Morgan fingerprint density at radius 3 is 2.85 bits per heavy atom. The molecule has 1 amide bonds. The van der Waals surface area contributed by atoms with Crippen LogP contribution in [0.25, 0.3) is 0 Å². The first-order valence-corrected chi connectivity index (χ1v) is 6.03. The Balaban J connectivity index is 2.18. The summed E-state index contributed by atoms with van der Waals surface area (Å²) < 4.78 is 19.9. The number of ether oxygens (including phenoxy) is 1. The molecule has 0 radical (unpaired) electrons. The Hall–Kier alpha value is -2.57. The number of nitrogens with one attached hydrogen (secondary N) is 1. The zero-order valence-electron chi connectivity index (χ0n) is 11.2. The first kappa shape index (κ1) is 13.9. The van der Waals surface area contributed by atoms with Gasteiger partial charge in [0.15, 0.2) is 17.3 Å². The van der Waals surface area contributed by atoms with E-state index in [2.05, 4.69) is 10.4 Å². The maximum Gasteiger partial charge on any atom is 0.278 e. The van der Waals surface area contributed by atoms with Crippen molar-refractivity contribution in [3.8, 4) is 5.75 Å². The van der Waals surface area contributed by atoms with Crippen LogP contribution in [0.2, 0.25) is 0 Å². The van der Waals surface area contributed by atoms with Gasteiger partial charge < -0.3 is 15.8 Å². The molecule has 0 atom stereocenters. The first-order valence-electron chi connectivity index (χ1n) is 6.03. The van der Waals surface area contributed by atoms with E-state index < -0.39 is 11.7 Å². The zero-order valence-corrected chi connectivity index (χ0v) is 11.2. The van der Waals surface area contributed by atoms with Crippen molar-refractivity contribution in [3.63, 3.8) is 0 Å². The standard InChI is InChI=1S/C13H15FN4O2/c1-3-18-7-10(15)12(17-18)13(19)16-8-4-5-11(20-2)9(14)6-8/h4-7H,3,15H2,1-2H3,(H,16,19). The third-order valence-electron chi connectivity index (χ3n) is 2.74. The zero-order chi connectivity index (χ0) is 14.7. The lowest BCUT2D eigenvalue weighted by atomic mass is 10.2. The largest absolute Gasteiger partial charge is 0.494 e. The van der Waals surface area contributed by atoms with E-state index in [0.717, 1.165) is 0 Å². The Bertz CT molecular complexity index is 639. The number of halogens is 1. The van der Waals surface area contributed by atoms with Crippen LogP contribution in [0.4, 0.5) is 15.8 Å². The highest BCUT2D eigenvalue weighted by molar-refractivity contribution is 6.06. The van der Waals surface area contributed by atoms with E-state index in [1.54, 1.807) is 10.9 Å². The van der Waals surface area contributed by atoms with E-state index in [-0.39, 0.29) is 17.1 Å². The van der Waals surface area contributed by atoms with Crippen LogP contribution < -0.4 is 15.8 Å². The van der Waals surface area contributed by atoms with Crippen molar-refractivity contribution >= 4 is 17.3 Å². The second kappa shape index (κ2) is 5.60. The van der Waals surface area contributed by atoms with Gasteiger partial charge in [0.05, 0.1) is 12.8 Å². The van der Waals surface area contributed by atoms with Gasteiger partial charge in [-0.1, -0.05) is 0 Å². The summed E-state index contributed by atoms with van der Waals surface area (Å²) in [6, 6.07) is 4.13. The van der Waals surface area contributed by atoms with Crippen LogP contribution in [0.1, 0.15) is 17.4 Å². The van der Waals surface area contributed by atoms with Crippen LogP contribution in [0.5, 0.6) is 5.75 Å². The summed E-state index contributed by atoms with van der Waals surface area (Å²) >= 11 is 0. The molecule has 0 aliphatic heterocycles. The molecule has 0 unspecified atom stereocenters. The van der Waals surface area contributed by atoms with Gasteiger partial charge in [0, 0.05) is 24.5 Å². The number of benzene rings is 1. The number of aromatic nitrogens is 2. The lowest BCUT2D eigenvalue weighted by Gasteiger charge is -2.06. The molecular formula is C13H15FN4O2. The fourth-order valence-electron chi connectivity index (χ4n) is 1.71. The molecule has 0 aliphatic rings. The van der Waals surface area contributed by atoms with Crippen molar-refractivity contribution in [1.82, 2.24) is 9.78 Å². The Kier molecular flexibility index (Phi) is 3.88. The molecule has 7 heteroatoms. The molecule has 0 saturated carbocycles. The van der Waals surface area contributed by atoms with E-state index in [9.17, 15) is 9.18 Å². The topological polar surface area (TPSA) is 82.2 Å². The van der Waals surface area contributed by atoms with Gasteiger partial charge in [0.1, 0.15) is 0 Å². The van der Waals surface area contributed by atoms with Crippen LogP contribution in [-0.2, 0) is 6.54 Å². The molecule has 0 aliphatic carbocycles. The number of nitrogens with zero attached hydrogens (tertiary/aromatic N) is 2. The summed E-state index contributed by atoms with van der Waals surface area (Å²) in [6.07, 6.45) is 1.57. The third kappa shape index (κ3) is 2.71. The Morgan fingerprint density at radius 2 is 2.30 bits per heavy atom. The molecule has 0 spiro atoms. The van der Waals surface area contributed by atoms with E-state index in [1.807, 2.05) is 6.92 Å². The predicted octanol–water partition coefficient (Wildman–Crippen LogP) is 1.89. The third-order valence-corrected chi connectivity index (χ3v) is 2.74. The lowest BCUT2D eigenvalue weighted by molar-refractivity contribution is 0.102. The van der Waals surface area contributed by atoms with Gasteiger partial charge in [-0.2, -0.15) is 5.10 Å². The molecule has 0 bridgehead atoms. The van der Waals surface area contributed by atoms with Gasteiger partial charge in [-0.15, -0.1) is 0 Å². The van der Waals surface area contributed by atoms with Gasteiger partial charge in [-0.3, -0.25) is 9.48 Å². The molecule has 3 N–H and O–H groups in total. The highest BCUT2D eigenvalue weighted by Gasteiger charge is 2.15. The number of carbonyl (C=O) groups excluding carboxylic acids is 1. The summed E-state index contributed by atoms with van der Waals surface area (Å²) in [5, 5.41) is 6.58. The molecule has 1 aromatic carbocycles. The van der Waals surface area contributed by atoms with Crippen molar-refractivity contribution in [1.29, 1.82) is 0 Å². The summed E-state index contributed by atoms with van der Waals surface area (Å²) in [6.45, 7) is 2.49. The highest BCUT2D eigenvalue weighted by atomic mass is 19.1. The number of anilines is 2. The molecule has 0 saturated heterocycles. The number of hydrogen-bond acceptors (Lipinski definition) is 4. The minimum atomic E-state index is -0.558. The Labute approximate surface area is 115 Å². The normalized spacial score (nSPS) is 10.3. The molecule has 106 valence electrons. The quantitative estimate of drug-likeness (QED) is 0.894. The number of nitrogen functional groups attached to an aromatic ring is 1. The second-order valence-electron chi connectivity index (χ2n) is 4.09. The summed E-state index contributed by atoms with van der Waals surface area (Å²) in [5.41, 5.74) is 6.40. The summed E-state index contributed by atoms with van der Waals surface area (Å²) in [5.74, 6) is -0.936. The molecule has 20 heavy (non-hydrogen) atoms. The van der Waals surface area contributed by atoms with Crippen molar-refractivity contribution in [3.05, 3.63) is 35.9 Å². The van der Waals surface area contributed by atoms with Gasteiger partial charge in [-0.25, -0.2) is 4.39 Å². The molecule has 1 heterocycles. The molecule has 0 fully saturated rings. The lowest BCUT2D eigenvalue weighted by Crippen LogP contribution is -2.15. The number of carbonyl (C=O) groups is 1. The number of methoxy groups -OCH3 is 1. The average Bonchev–Trinajstić information content (AvgIpc) is 2.80. The van der Waals surface area contributed by atoms with Gasteiger partial charge in [0.25, 0.3) is 5.91 Å². The number of rotatable bonds is 4. The molecule has 6 nitrogen and oxygen atoms in total. The van der Waals surface area contributed by atoms with Crippen LogP contribution in [0, 0.1) is 5.82 Å². The van der Waals surface area contributed by atoms with Gasteiger partial charge in [-0.05, 0) is 19.1 Å². The molecule has 2 rings (SSSR count). The van der Waals surface area contributed by atoms with Crippen molar-refractivity contribution < 1.29 is 13.9 Å². The van der Waals surface area contributed by atoms with Crippen LogP contribution in [0.15, 0.2) is 24.4 Å². The average molecular weight is 278 g/mol. The van der Waals surface area contributed by atoms with E-state index in [4.69, 9.17) is 10.5 Å². The maximum absolute atomic E-state index is 13.5. The summed E-state index contributed by atoms with van der Waals surface area (Å²) in [7, 11) is 1.37. The van der Waals surface area contributed by atoms with Crippen molar-refractivity contribution in [2.24, 2.45) is 0 Å². The van der Waals surface area contributed by atoms with Crippen LogP contribution >= 0.6 is 0 Å². The smallest absolute Gasteiger partial charge is 0.278 e. The Morgan fingerprint density at radius 1 is 1.55 bits per heavy atom. The molecule has 1 aromatic heterocycles. The maximum atomic E-state index is 13.5. The van der Waals surface area contributed by atoms with Crippen LogP contribution in [0.3, 0.4) is 0 Å². The fourth-order valence-corrected chi connectivity index (χ4v) is 1.71. The van der Waals surface area contributed by atoms with E-state index in [0.29, 0.717) is 12.2 Å². The van der Waals surface area contributed by atoms with Crippen LogP contribution in [-0.4, -0.2) is 22.8 Å². The second-order valence-corrected chi connectivity index (χ2v) is 4.09. The van der Waals surface area contributed by atoms with Crippen molar-refractivity contribution in [2.75, 3.05) is 18.2 Å². The monoisotopic (exact) mass is 278 g/mol. The molecular weight excluding hydrogens is 263 g/mol. The predicted molar refractivity (Wildman–Crippen MR) is 73.2 cm³/mol. The number of amides is 1. The summed E-state index contributed by atoms with van der Waals surface area (Å²) in [4.78, 5) is 12.0. The molecule has 2 aromatic rings. The number of nitrogens with two attached hydrogens (primary N) is 1. The fraction of sp³-hybridized carbons (Fsp3) is 0.231. The van der Waals surface area contributed by atoms with E-state index >= 15 is 0 Å². The van der Waals surface area contributed by atoms with Gasteiger partial charge in [0.2, 0.25) is 0 Å². The highest BCUT2D eigenvalue weighted by Crippen LogP contribution is 2.21. The number of hydrogen-bond donors (Lipinski definition) is 2. The first-order chi connectivity index (χ1) is 9.55. The SMILES string of the molecule is CCn1cc(N)c(C(=O)Nc2ccc(OC)c(F)c2)n1. The van der Waals surface area contributed by atoms with Crippen molar-refractivity contribution in [2.45, 2.75) is 13.5 Å². The van der Waals surface area contributed by atoms with E-state index in [1.165, 1.54) is 25.3 Å². The minimum Gasteiger partial charge on any atom is -0.494 e. The number of aryl methyl sites for hydroxylation is 1. The minimum absolute atomic E-state index is 0.109. The van der Waals surface area contributed by atoms with Gasteiger partial charge >= 0.3 is 0 Å².